The van der Waals surface area contributed by atoms with Crippen molar-refractivity contribution in [2.75, 3.05) is 20.0 Å². The second-order valence-corrected chi connectivity index (χ2v) is 7.02. The van der Waals surface area contributed by atoms with Gasteiger partial charge in [0.1, 0.15) is 0 Å². The lowest BCUT2D eigenvalue weighted by molar-refractivity contribution is -0.386. The van der Waals surface area contributed by atoms with Crippen molar-refractivity contribution < 1.29 is 14.4 Å². The minimum Gasteiger partial charge on any atom is -0.493 e. The van der Waals surface area contributed by atoms with Crippen molar-refractivity contribution in [3.8, 4) is 11.5 Å². The number of nitro groups is 1. The van der Waals surface area contributed by atoms with Crippen LogP contribution < -0.4 is 9.47 Å². The maximum Gasteiger partial charge on any atom is 0.315 e. The van der Waals surface area contributed by atoms with Crippen molar-refractivity contribution in [2.24, 2.45) is 5.10 Å². The molecular formula is C19H27N5O4S. The number of aromatic nitrogens is 3. The first-order valence-corrected chi connectivity index (χ1v) is 10.8. The molecule has 0 radical (unpaired) electrons. The van der Waals surface area contributed by atoms with E-state index in [1.54, 1.807) is 10.7 Å². The molecule has 9 nitrogen and oxygen atoms in total. The lowest BCUT2D eigenvalue weighted by Gasteiger charge is -2.12. The predicted molar refractivity (Wildman–Crippen MR) is 113 cm³/mol. The molecule has 0 amide bonds. The molecular weight excluding hydrogens is 394 g/mol. The summed E-state index contributed by atoms with van der Waals surface area (Å²) >= 11 is 1.42. The van der Waals surface area contributed by atoms with Gasteiger partial charge in [-0.2, -0.15) is 9.78 Å². The SMILES string of the molecule is CCCCCCOc1c(OC)cc(/C=N\n2c(CC)nnc2SC)cc1[N+](=O)[O-]. The fraction of sp³-hybridized carbons (Fsp3) is 0.526. The molecule has 0 saturated heterocycles. The first-order chi connectivity index (χ1) is 14.0. The van der Waals surface area contributed by atoms with Crippen LogP contribution in [0.25, 0.3) is 0 Å². The molecule has 0 aliphatic carbocycles. The van der Waals surface area contributed by atoms with Crippen LogP contribution in [0, 0.1) is 10.1 Å². The van der Waals surface area contributed by atoms with Gasteiger partial charge in [-0.25, -0.2) is 0 Å². The summed E-state index contributed by atoms with van der Waals surface area (Å²) < 4.78 is 12.7. The number of nitrogens with zero attached hydrogens (tertiary/aromatic N) is 5. The molecule has 0 atom stereocenters. The van der Waals surface area contributed by atoms with Crippen molar-refractivity contribution in [1.82, 2.24) is 14.9 Å². The topological polar surface area (TPSA) is 105 Å². The van der Waals surface area contributed by atoms with E-state index in [4.69, 9.17) is 9.47 Å². The third-order valence-corrected chi connectivity index (χ3v) is 4.84. The van der Waals surface area contributed by atoms with Gasteiger partial charge >= 0.3 is 5.69 Å². The summed E-state index contributed by atoms with van der Waals surface area (Å²) in [6, 6.07) is 3.11. The smallest absolute Gasteiger partial charge is 0.315 e. The summed E-state index contributed by atoms with van der Waals surface area (Å²) in [7, 11) is 1.46. The van der Waals surface area contributed by atoms with Gasteiger partial charge in [0, 0.05) is 18.1 Å². The number of hydrogen-bond donors (Lipinski definition) is 0. The number of ether oxygens (including phenoxy) is 2. The lowest BCUT2D eigenvalue weighted by Crippen LogP contribution is -2.04. The number of rotatable bonds is 12. The van der Waals surface area contributed by atoms with E-state index >= 15 is 0 Å². The van der Waals surface area contributed by atoms with Crippen LogP contribution in [0.5, 0.6) is 11.5 Å². The van der Waals surface area contributed by atoms with Gasteiger partial charge in [-0.3, -0.25) is 10.1 Å². The summed E-state index contributed by atoms with van der Waals surface area (Å²) in [4.78, 5) is 11.1. The van der Waals surface area contributed by atoms with Crippen molar-refractivity contribution in [3.05, 3.63) is 33.6 Å². The summed E-state index contributed by atoms with van der Waals surface area (Å²) in [5, 5.41) is 24.8. The maximum absolute atomic E-state index is 11.6. The Morgan fingerprint density at radius 2 is 2.07 bits per heavy atom. The van der Waals surface area contributed by atoms with E-state index in [1.165, 1.54) is 31.2 Å². The average molecular weight is 422 g/mol. The molecule has 0 unspecified atom stereocenters. The minimum atomic E-state index is -0.467. The molecule has 0 saturated carbocycles. The van der Waals surface area contributed by atoms with Gasteiger partial charge in [-0.05, 0) is 18.7 Å². The van der Waals surface area contributed by atoms with Gasteiger partial charge in [0.2, 0.25) is 10.9 Å². The predicted octanol–water partition coefficient (Wildman–Crippen LogP) is 4.32. The van der Waals surface area contributed by atoms with E-state index in [-0.39, 0.29) is 11.4 Å². The van der Waals surface area contributed by atoms with Crippen molar-refractivity contribution >= 4 is 23.7 Å². The monoisotopic (exact) mass is 421 g/mol. The van der Waals surface area contributed by atoms with Crippen molar-refractivity contribution in [3.63, 3.8) is 0 Å². The van der Waals surface area contributed by atoms with Crippen LogP contribution in [0.1, 0.15) is 50.9 Å². The van der Waals surface area contributed by atoms with Crippen LogP contribution in [0.15, 0.2) is 22.4 Å². The van der Waals surface area contributed by atoms with E-state index in [1.807, 2.05) is 13.2 Å². The van der Waals surface area contributed by atoms with Crippen LogP contribution in [-0.4, -0.2) is 46.0 Å². The highest BCUT2D eigenvalue weighted by molar-refractivity contribution is 7.98. The van der Waals surface area contributed by atoms with Gasteiger partial charge in [0.25, 0.3) is 0 Å². The molecule has 0 fully saturated rings. The first kappa shape index (κ1) is 22.7. The Morgan fingerprint density at radius 1 is 1.28 bits per heavy atom. The Hall–Kier alpha value is -2.62. The van der Waals surface area contributed by atoms with Gasteiger partial charge in [-0.1, -0.05) is 44.9 Å². The molecule has 0 spiro atoms. The second-order valence-electron chi connectivity index (χ2n) is 6.25. The highest BCUT2D eigenvalue weighted by atomic mass is 32.2. The second kappa shape index (κ2) is 11.4. The molecule has 0 bridgehead atoms. The Labute approximate surface area is 174 Å². The number of aryl methyl sites for hydroxylation is 1. The average Bonchev–Trinajstić information content (AvgIpc) is 3.13. The number of methoxy groups -OCH3 is 1. The third kappa shape index (κ3) is 5.93. The fourth-order valence-corrected chi connectivity index (χ4v) is 3.15. The first-order valence-electron chi connectivity index (χ1n) is 9.57. The zero-order valence-corrected chi connectivity index (χ0v) is 18.1. The highest BCUT2D eigenvalue weighted by Crippen LogP contribution is 2.38. The largest absolute Gasteiger partial charge is 0.493 e. The molecule has 1 aromatic heterocycles. The van der Waals surface area contributed by atoms with Crippen LogP contribution in [0.3, 0.4) is 0 Å². The fourth-order valence-electron chi connectivity index (χ4n) is 2.70. The van der Waals surface area contributed by atoms with Crippen LogP contribution in [0.4, 0.5) is 5.69 Å². The summed E-state index contributed by atoms with van der Waals surface area (Å²) in [6.07, 6.45) is 8.16. The van der Waals surface area contributed by atoms with Crippen LogP contribution in [0.2, 0.25) is 0 Å². The summed E-state index contributed by atoms with van der Waals surface area (Å²) in [5.74, 6) is 1.16. The van der Waals surface area contributed by atoms with E-state index < -0.39 is 4.92 Å². The Bertz CT molecular complexity index is 832. The Morgan fingerprint density at radius 3 is 2.69 bits per heavy atom. The van der Waals surface area contributed by atoms with E-state index in [0.29, 0.717) is 35.3 Å². The zero-order valence-electron chi connectivity index (χ0n) is 17.3. The van der Waals surface area contributed by atoms with E-state index in [0.717, 1.165) is 25.7 Å². The van der Waals surface area contributed by atoms with Crippen molar-refractivity contribution in [2.45, 2.75) is 51.1 Å². The normalized spacial score (nSPS) is 11.2. The lowest BCUT2D eigenvalue weighted by atomic mass is 10.1. The third-order valence-electron chi connectivity index (χ3n) is 4.22. The van der Waals surface area contributed by atoms with Gasteiger partial charge < -0.3 is 9.47 Å². The molecule has 10 heteroatoms. The van der Waals surface area contributed by atoms with Crippen LogP contribution in [-0.2, 0) is 6.42 Å². The number of nitro benzene ring substituents is 1. The molecule has 0 aliphatic rings. The number of hydrogen-bond acceptors (Lipinski definition) is 8. The number of unbranched alkanes of at least 4 members (excludes halogenated alkanes) is 3. The molecule has 0 aliphatic heterocycles. The Balaban J connectivity index is 2.31. The molecule has 0 N–H and O–H groups in total. The maximum atomic E-state index is 11.6. The van der Waals surface area contributed by atoms with Crippen molar-refractivity contribution in [1.29, 1.82) is 0 Å². The standard InChI is InChI=1S/C19H27N5O4S/c1-5-7-8-9-10-28-18-15(24(25)26)11-14(12-16(18)27-3)13-20-23-17(6-2)21-22-19(23)29-4/h11-13H,5-10H2,1-4H3/b20-13-. The highest BCUT2D eigenvalue weighted by Gasteiger charge is 2.22. The summed E-state index contributed by atoms with van der Waals surface area (Å²) in [6.45, 7) is 4.49. The molecule has 2 rings (SSSR count). The molecule has 158 valence electrons. The van der Waals surface area contributed by atoms with E-state index in [2.05, 4.69) is 22.2 Å². The zero-order chi connectivity index (χ0) is 21.2. The minimum absolute atomic E-state index is 0.147. The quantitative estimate of drug-likeness (QED) is 0.165. The summed E-state index contributed by atoms with van der Waals surface area (Å²) in [5.41, 5.74) is 0.376. The number of thioether (sulfide) groups is 1. The molecule has 2 aromatic rings. The van der Waals surface area contributed by atoms with Gasteiger partial charge in [-0.15, -0.1) is 10.2 Å². The van der Waals surface area contributed by atoms with Gasteiger partial charge in [0.05, 0.1) is 24.9 Å². The Kier molecular flexibility index (Phi) is 8.91. The molecule has 1 aromatic carbocycles. The van der Waals surface area contributed by atoms with Crippen LogP contribution >= 0.6 is 11.8 Å². The molecule has 1 heterocycles. The molecule has 29 heavy (non-hydrogen) atoms. The number of benzene rings is 1. The van der Waals surface area contributed by atoms with E-state index in [9.17, 15) is 10.1 Å². The van der Waals surface area contributed by atoms with Gasteiger partial charge in [0.15, 0.2) is 11.6 Å².